The van der Waals surface area contributed by atoms with Crippen molar-refractivity contribution in [3.05, 3.63) is 22.8 Å². The molecule has 15 heavy (non-hydrogen) atoms. The second-order valence-corrected chi connectivity index (χ2v) is 3.72. The Hall–Kier alpha value is -0.750. The molecule has 1 aromatic heterocycles. The van der Waals surface area contributed by atoms with Gasteiger partial charge in [0.25, 0.3) is 6.43 Å². The third-order valence-electron chi connectivity index (χ3n) is 1.77. The molecule has 0 aliphatic carbocycles. The minimum Gasteiger partial charge on any atom is -0.395 e. The Kier molecular flexibility index (Phi) is 4.90. The molecule has 0 aromatic carbocycles. The summed E-state index contributed by atoms with van der Waals surface area (Å²) in [4.78, 5) is 5.33. The van der Waals surface area contributed by atoms with E-state index in [0.29, 0.717) is 10.3 Å². The first-order chi connectivity index (χ1) is 7.15. The van der Waals surface area contributed by atoms with Gasteiger partial charge in [0.05, 0.1) is 17.6 Å². The van der Waals surface area contributed by atoms with E-state index in [4.69, 9.17) is 5.11 Å². The number of aliphatic hydroxyl groups is 1. The van der Waals surface area contributed by atoms with Gasteiger partial charge in [-0.3, -0.25) is 0 Å². The van der Waals surface area contributed by atoms with E-state index in [2.05, 4.69) is 20.9 Å². The molecule has 0 fully saturated rings. The normalized spacial score (nSPS) is 10.7. The number of anilines is 1. The fourth-order valence-corrected chi connectivity index (χ4v) is 1.69. The minimum absolute atomic E-state index is 0.139. The van der Waals surface area contributed by atoms with Crippen LogP contribution in [0.15, 0.2) is 22.8 Å². The average Bonchev–Trinajstić information content (AvgIpc) is 2.17. The number of aromatic nitrogens is 1. The van der Waals surface area contributed by atoms with Crippen LogP contribution in [-0.2, 0) is 0 Å². The van der Waals surface area contributed by atoms with Gasteiger partial charge in [-0.25, -0.2) is 13.8 Å². The maximum absolute atomic E-state index is 12.3. The van der Waals surface area contributed by atoms with Gasteiger partial charge in [-0.05, 0) is 28.1 Å². The molecule has 0 aliphatic heterocycles. The molecule has 1 heterocycles. The SMILES string of the molecule is OCCN(CC(F)F)c1ncccc1Br. The number of rotatable bonds is 5. The summed E-state index contributed by atoms with van der Waals surface area (Å²) in [7, 11) is 0. The number of nitrogens with zero attached hydrogens (tertiary/aromatic N) is 2. The first-order valence-corrected chi connectivity index (χ1v) is 5.19. The van der Waals surface area contributed by atoms with E-state index >= 15 is 0 Å². The molecule has 84 valence electrons. The summed E-state index contributed by atoms with van der Waals surface area (Å²) in [5.74, 6) is 0.423. The van der Waals surface area contributed by atoms with E-state index < -0.39 is 13.0 Å². The van der Waals surface area contributed by atoms with Gasteiger partial charge in [-0.15, -0.1) is 0 Å². The molecule has 0 saturated heterocycles. The summed E-state index contributed by atoms with van der Waals surface area (Å²) in [6.45, 7) is -0.480. The van der Waals surface area contributed by atoms with Gasteiger partial charge in [0.1, 0.15) is 5.82 Å². The number of halogens is 3. The lowest BCUT2D eigenvalue weighted by molar-refractivity contribution is 0.152. The smallest absolute Gasteiger partial charge is 0.255 e. The second-order valence-electron chi connectivity index (χ2n) is 2.87. The number of aliphatic hydroxyl groups excluding tert-OH is 1. The molecule has 0 bridgehead atoms. The van der Waals surface area contributed by atoms with Crippen LogP contribution in [0.3, 0.4) is 0 Å². The van der Waals surface area contributed by atoms with Gasteiger partial charge in [-0.2, -0.15) is 0 Å². The molecule has 0 unspecified atom stereocenters. The Morgan fingerprint density at radius 1 is 1.53 bits per heavy atom. The van der Waals surface area contributed by atoms with Crippen LogP contribution in [0.1, 0.15) is 0 Å². The summed E-state index contributed by atoms with van der Waals surface area (Å²) in [6.07, 6.45) is -0.930. The van der Waals surface area contributed by atoms with Crippen LogP contribution in [-0.4, -0.2) is 36.2 Å². The van der Waals surface area contributed by atoms with Crippen molar-refractivity contribution in [2.24, 2.45) is 0 Å². The van der Waals surface area contributed by atoms with Gasteiger partial charge in [-0.1, -0.05) is 0 Å². The van der Waals surface area contributed by atoms with Crippen molar-refractivity contribution in [3.63, 3.8) is 0 Å². The highest BCUT2D eigenvalue weighted by Crippen LogP contribution is 2.23. The summed E-state index contributed by atoms with van der Waals surface area (Å²) in [5, 5.41) is 8.77. The van der Waals surface area contributed by atoms with Crippen LogP contribution in [0.4, 0.5) is 14.6 Å². The van der Waals surface area contributed by atoms with E-state index in [1.807, 2.05) is 0 Å². The molecule has 0 radical (unpaired) electrons. The van der Waals surface area contributed by atoms with Crippen LogP contribution in [0.2, 0.25) is 0 Å². The molecular formula is C9H11BrF2N2O. The molecule has 0 saturated carbocycles. The highest BCUT2D eigenvalue weighted by Gasteiger charge is 2.15. The summed E-state index contributed by atoms with van der Waals surface area (Å²) in [6, 6.07) is 3.42. The number of hydrogen-bond donors (Lipinski definition) is 1. The molecule has 1 N–H and O–H groups in total. The van der Waals surface area contributed by atoms with Gasteiger partial charge in [0, 0.05) is 12.7 Å². The van der Waals surface area contributed by atoms with Crippen LogP contribution in [0, 0.1) is 0 Å². The fraction of sp³-hybridized carbons (Fsp3) is 0.444. The fourth-order valence-electron chi connectivity index (χ4n) is 1.18. The van der Waals surface area contributed by atoms with Crippen molar-refractivity contribution in [2.75, 3.05) is 24.6 Å². The van der Waals surface area contributed by atoms with E-state index in [1.165, 1.54) is 11.1 Å². The van der Waals surface area contributed by atoms with Crippen LogP contribution in [0.5, 0.6) is 0 Å². The first kappa shape index (κ1) is 12.3. The molecule has 1 rings (SSSR count). The van der Waals surface area contributed by atoms with Crippen molar-refractivity contribution in [3.8, 4) is 0 Å². The lowest BCUT2D eigenvalue weighted by Gasteiger charge is -2.23. The van der Waals surface area contributed by atoms with E-state index in [-0.39, 0.29) is 13.2 Å². The molecular weight excluding hydrogens is 270 g/mol. The third-order valence-corrected chi connectivity index (χ3v) is 2.39. The van der Waals surface area contributed by atoms with Gasteiger partial charge >= 0.3 is 0 Å². The largest absolute Gasteiger partial charge is 0.395 e. The molecule has 6 heteroatoms. The highest BCUT2D eigenvalue weighted by atomic mass is 79.9. The first-order valence-electron chi connectivity index (χ1n) is 4.39. The quantitative estimate of drug-likeness (QED) is 0.895. The van der Waals surface area contributed by atoms with Crippen LogP contribution in [0.25, 0.3) is 0 Å². The Morgan fingerprint density at radius 3 is 2.80 bits per heavy atom. The van der Waals surface area contributed by atoms with Crippen LogP contribution < -0.4 is 4.90 Å². The lowest BCUT2D eigenvalue weighted by atomic mass is 10.4. The number of alkyl halides is 2. The van der Waals surface area contributed by atoms with Crippen LogP contribution >= 0.6 is 15.9 Å². The van der Waals surface area contributed by atoms with Crippen molar-refractivity contribution in [1.29, 1.82) is 0 Å². The summed E-state index contributed by atoms with van der Waals surface area (Å²) in [5.41, 5.74) is 0. The highest BCUT2D eigenvalue weighted by molar-refractivity contribution is 9.10. The molecule has 1 aromatic rings. The van der Waals surface area contributed by atoms with Gasteiger partial charge in [0.2, 0.25) is 0 Å². The predicted octanol–water partition coefficient (Wildman–Crippen LogP) is 1.91. The molecule has 0 atom stereocenters. The maximum atomic E-state index is 12.3. The second kappa shape index (κ2) is 5.97. The summed E-state index contributed by atoms with van der Waals surface area (Å²) < 4.78 is 25.2. The lowest BCUT2D eigenvalue weighted by Crippen LogP contribution is -2.32. The Bertz CT molecular complexity index is 312. The van der Waals surface area contributed by atoms with Crippen molar-refractivity contribution in [1.82, 2.24) is 4.98 Å². The maximum Gasteiger partial charge on any atom is 0.255 e. The average molecular weight is 281 g/mol. The Balaban J connectivity index is 2.83. The predicted molar refractivity (Wildman–Crippen MR) is 57.2 cm³/mol. The Morgan fingerprint density at radius 2 is 2.27 bits per heavy atom. The van der Waals surface area contributed by atoms with E-state index in [1.54, 1.807) is 12.1 Å². The van der Waals surface area contributed by atoms with Gasteiger partial charge < -0.3 is 10.0 Å². The number of hydrogen-bond acceptors (Lipinski definition) is 3. The van der Waals surface area contributed by atoms with Gasteiger partial charge in [0.15, 0.2) is 0 Å². The zero-order valence-electron chi connectivity index (χ0n) is 7.91. The zero-order valence-corrected chi connectivity index (χ0v) is 9.49. The minimum atomic E-state index is -2.45. The third kappa shape index (κ3) is 3.71. The summed E-state index contributed by atoms with van der Waals surface area (Å²) >= 11 is 3.23. The van der Waals surface area contributed by atoms with Crippen molar-refractivity contribution < 1.29 is 13.9 Å². The molecule has 0 spiro atoms. The topological polar surface area (TPSA) is 36.4 Å². The Labute approximate surface area is 94.9 Å². The van der Waals surface area contributed by atoms with Crippen molar-refractivity contribution >= 4 is 21.7 Å². The van der Waals surface area contributed by atoms with E-state index in [9.17, 15) is 8.78 Å². The van der Waals surface area contributed by atoms with Crippen molar-refractivity contribution in [2.45, 2.75) is 6.43 Å². The molecule has 3 nitrogen and oxygen atoms in total. The zero-order chi connectivity index (χ0) is 11.3. The monoisotopic (exact) mass is 280 g/mol. The van der Waals surface area contributed by atoms with E-state index in [0.717, 1.165) is 0 Å². The molecule has 0 amide bonds. The standard InChI is InChI=1S/C9H11BrF2N2O/c10-7-2-1-3-13-9(7)14(4-5-15)6-8(11)12/h1-3,8,15H,4-6H2. The number of pyridine rings is 1. The molecule has 0 aliphatic rings.